The highest BCUT2D eigenvalue weighted by molar-refractivity contribution is 7.99. The van der Waals surface area contributed by atoms with Gasteiger partial charge in [0.25, 0.3) is 0 Å². The maximum Gasteiger partial charge on any atom is 0.325 e. The summed E-state index contributed by atoms with van der Waals surface area (Å²) in [6.07, 6.45) is 0. The molecule has 0 bridgehead atoms. The Labute approximate surface area is 179 Å². The number of nitrogens with one attached hydrogen (secondary N) is 2. The summed E-state index contributed by atoms with van der Waals surface area (Å²) in [5.41, 5.74) is 4.71. The van der Waals surface area contributed by atoms with Gasteiger partial charge in [-0.1, -0.05) is 49.9 Å². The van der Waals surface area contributed by atoms with E-state index in [0.717, 1.165) is 28.6 Å². The van der Waals surface area contributed by atoms with Crippen molar-refractivity contribution in [1.29, 1.82) is 0 Å². The number of carbonyl (C=O) groups excluding carboxylic acids is 2. The van der Waals surface area contributed by atoms with Gasteiger partial charge in [-0.25, -0.2) is 4.79 Å². The number of tetrazole rings is 1. The molecule has 30 heavy (non-hydrogen) atoms. The number of aromatic nitrogens is 4. The minimum Gasteiger partial charge on any atom is -0.307 e. The first kappa shape index (κ1) is 21.5. The molecular formula is C21H24N6O2S. The van der Waals surface area contributed by atoms with Crippen LogP contribution in [0.15, 0.2) is 47.6 Å². The Morgan fingerprint density at radius 1 is 1.10 bits per heavy atom. The minimum atomic E-state index is -0.571. The zero-order valence-electron chi connectivity index (χ0n) is 17.3. The minimum absolute atomic E-state index is 0.00463. The molecule has 2 aromatic carbocycles. The smallest absolute Gasteiger partial charge is 0.307 e. The van der Waals surface area contributed by atoms with E-state index in [9.17, 15) is 9.59 Å². The van der Waals surface area contributed by atoms with Crippen LogP contribution < -0.4 is 10.6 Å². The number of aryl methyl sites for hydroxylation is 1. The fraction of sp³-hybridized carbons (Fsp3) is 0.286. The van der Waals surface area contributed by atoms with Crippen molar-refractivity contribution in [3.05, 3.63) is 59.2 Å². The van der Waals surface area contributed by atoms with Gasteiger partial charge in [-0.2, -0.15) is 4.68 Å². The van der Waals surface area contributed by atoms with Crippen LogP contribution in [0.25, 0.3) is 5.69 Å². The monoisotopic (exact) mass is 424 g/mol. The van der Waals surface area contributed by atoms with Gasteiger partial charge in [0.05, 0.1) is 11.4 Å². The molecule has 0 radical (unpaired) electrons. The predicted octanol–water partition coefficient (Wildman–Crippen LogP) is 3.84. The average Bonchev–Trinajstić information content (AvgIpc) is 3.18. The zero-order valence-corrected chi connectivity index (χ0v) is 18.2. The number of hydrogen-bond acceptors (Lipinski definition) is 6. The molecular weight excluding hydrogens is 400 g/mol. The third kappa shape index (κ3) is 5.24. The van der Waals surface area contributed by atoms with Gasteiger partial charge in [-0.05, 0) is 65.1 Å². The summed E-state index contributed by atoms with van der Waals surface area (Å²) in [5.74, 6) is -0.00212. The summed E-state index contributed by atoms with van der Waals surface area (Å²) < 4.78 is 1.57. The molecule has 0 aliphatic carbocycles. The number of anilines is 1. The van der Waals surface area contributed by atoms with Gasteiger partial charge < -0.3 is 5.32 Å². The summed E-state index contributed by atoms with van der Waals surface area (Å²) in [6, 6.07) is 13.0. The molecule has 8 nitrogen and oxygen atoms in total. The molecule has 0 unspecified atom stereocenters. The fourth-order valence-corrected chi connectivity index (χ4v) is 3.46. The van der Waals surface area contributed by atoms with E-state index in [-0.39, 0.29) is 5.75 Å². The third-order valence-electron chi connectivity index (χ3n) is 4.68. The van der Waals surface area contributed by atoms with Crippen LogP contribution in [0.4, 0.5) is 10.5 Å². The Balaban J connectivity index is 1.57. The first-order chi connectivity index (χ1) is 14.3. The molecule has 0 spiro atoms. The number of hydrogen-bond donors (Lipinski definition) is 2. The maximum atomic E-state index is 12.2. The van der Waals surface area contributed by atoms with Crippen LogP contribution in [0, 0.1) is 13.8 Å². The van der Waals surface area contributed by atoms with E-state index in [4.69, 9.17) is 0 Å². The van der Waals surface area contributed by atoms with Gasteiger partial charge in [-0.3, -0.25) is 10.1 Å². The number of urea groups is 1. The van der Waals surface area contributed by atoms with Crippen LogP contribution in [0.3, 0.4) is 0 Å². The molecule has 0 fully saturated rings. The van der Waals surface area contributed by atoms with Gasteiger partial charge in [0, 0.05) is 5.69 Å². The van der Waals surface area contributed by atoms with Crippen LogP contribution in [0.2, 0.25) is 0 Å². The van der Waals surface area contributed by atoms with Gasteiger partial charge >= 0.3 is 6.03 Å². The zero-order chi connectivity index (χ0) is 21.7. The Hall–Kier alpha value is -3.20. The Kier molecular flexibility index (Phi) is 6.83. The SMILES string of the molecule is Cc1cccc(NC(=O)NC(=O)CSc2nnnn2-c2ccc(C(C)C)cc2)c1C. The van der Waals surface area contributed by atoms with Crippen LogP contribution in [-0.2, 0) is 4.79 Å². The molecule has 3 aromatic rings. The van der Waals surface area contributed by atoms with Crippen molar-refractivity contribution < 1.29 is 9.59 Å². The predicted molar refractivity (Wildman–Crippen MR) is 117 cm³/mol. The Morgan fingerprint density at radius 3 is 2.53 bits per heavy atom. The standard InChI is InChI=1S/C21H24N6O2S/c1-13(2)16-8-10-17(11-9-16)27-21(24-25-26-27)30-12-19(28)23-20(29)22-18-7-5-6-14(3)15(18)4/h5-11,13H,12H2,1-4H3,(H2,22,23,28,29). The molecule has 0 aliphatic rings. The summed E-state index contributed by atoms with van der Waals surface area (Å²) in [6.45, 7) is 8.13. The van der Waals surface area contributed by atoms with E-state index in [2.05, 4.69) is 40.0 Å². The lowest BCUT2D eigenvalue weighted by Gasteiger charge is -2.11. The Bertz CT molecular complexity index is 1050. The molecule has 0 saturated heterocycles. The number of benzene rings is 2. The second kappa shape index (κ2) is 9.53. The second-order valence-corrected chi connectivity index (χ2v) is 8.10. The Morgan fingerprint density at radius 2 is 1.83 bits per heavy atom. The molecule has 156 valence electrons. The van der Waals surface area contributed by atoms with Gasteiger partial charge in [0.15, 0.2) is 0 Å². The number of rotatable bonds is 6. The largest absolute Gasteiger partial charge is 0.325 e. The highest BCUT2D eigenvalue weighted by Gasteiger charge is 2.14. The molecule has 1 aromatic heterocycles. The summed E-state index contributed by atoms with van der Waals surface area (Å²) >= 11 is 1.16. The van der Waals surface area contributed by atoms with Gasteiger partial charge in [0.2, 0.25) is 11.1 Å². The fourth-order valence-electron chi connectivity index (χ4n) is 2.76. The molecule has 0 atom stereocenters. The van der Waals surface area contributed by atoms with E-state index < -0.39 is 11.9 Å². The highest BCUT2D eigenvalue weighted by Crippen LogP contribution is 2.21. The normalized spacial score (nSPS) is 10.8. The van der Waals surface area contributed by atoms with E-state index in [1.165, 1.54) is 5.56 Å². The first-order valence-corrected chi connectivity index (χ1v) is 10.5. The molecule has 0 saturated carbocycles. The number of amides is 3. The van der Waals surface area contributed by atoms with E-state index in [1.807, 2.05) is 50.2 Å². The molecule has 0 aliphatic heterocycles. The van der Waals surface area contributed by atoms with Crippen LogP contribution in [0.1, 0.15) is 36.5 Å². The molecule has 9 heteroatoms. The summed E-state index contributed by atoms with van der Waals surface area (Å²) in [4.78, 5) is 24.3. The second-order valence-electron chi connectivity index (χ2n) is 7.16. The lowest BCUT2D eigenvalue weighted by atomic mass is 10.0. The van der Waals surface area contributed by atoms with Crippen LogP contribution in [-0.4, -0.2) is 37.9 Å². The van der Waals surface area contributed by atoms with Crippen molar-refractivity contribution in [3.8, 4) is 5.69 Å². The van der Waals surface area contributed by atoms with Crippen molar-refractivity contribution in [2.24, 2.45) is 0 Å². The number of carbonyl (C=O) groups is 2. The molecule has 2 N–H and O–H groups in total. The molecule has 1 heterocycles. The summed E-state index contributed by atoms with van der Waals surface area (Å²) in [5, 5.41) is 17.2. The van der Waals surface area contributed by atoms with E-state index >= 15 is 0 Å². The lowest BCUT2D eigenvalue weighted by Crippen LogP contribution is -2.35. The molecule has 3 amide bonds. The first-order valence-electron chi connectivity index (χ1n) is 9.53. The molecule has 3 rings (SSSR count). The van der Waals surface area contributed by atoms with Crippen molar-refractivity contribution >= 4 is 29.4 Å². The number of thioether (sulfide) groups is 1. The van der Waals surface area contributed by atoms with Gasteiger partial charge in [-0.15, -0.1) is 5.10 Å². The maximum absolute atomic E-state index is 12.2. The van der Waals surface area contributed by atoms with Crippen LogP contribution >= 0.6 is 11.8 Å². The van der Waals surface area contributed by atoms with E-state index in [1.54, 1.807) is 10.7 Å². The van der Waals surface area contributed by atoms with Crippen molar-refractivity contribution in [1.82, 2.24) is 25.5 Å². The van der Waals surface area contributed by atoms with Crippen molar-refractivity contribution in [3.63, 3.8) is 0 Å². The number of nitrogens with zero attached hydrogens (tertiary/aromatic N) is 4. The third-order valence-corrected chi connectivity index (χ3v) is 5.60. The van der Waals surface area contributed by atoms with E-state index in [0.29, 0.717) is 16.8 Å². The van der Waals surface area contributed by atoms with Crippen molar-refractivity contribution in [2.45, 2.75) is 38.8 Å². The topological polar surface area (TPSA) is 102 Å². The highest BCUT2D eigenvalue weighted by atomic mass is 32.2. The average molecular weight is 425 g/mol. The lowest BCUT2D eigenvalue weighted by molar-refractivity contribution is -0.117. The van der Waals surface area contributed by atoms with Crippen molar-refractivity contribution in [2.75, 3.05) is 11.1 Å². The number of imide groups is 1. The van der Waals surface area contributed by atoms with Gasteiger partial charge in [0.1, 0.15) is 0 Å². The van der Waals surface area contributed by atoms with Crippen LogP contribution in [0.5, 0.6) is 0 Å². The summed E-state index contributed by atoms with van der Waals surface area (Å²) in [7, 11) is 0. The quantitative estimate of drug-likeness (QED) is 0.583.